The Hall–Kier alpha value is -7.41. The molecule has 2 aliphatic rings. The van der Waals surface area contributed by atoms with E-state index in [1.54, 1.807) is 29.9 Å². The number of aromatic nitrogens is 4. The average molecular weight is 1050 g/mol. The van der Waals surface area contributed by atoms with Gasteiger partial charge in [0, 0.05) is 106 Å². The summed E-state index contributed by atoms with van der Waals surface area (Å²) in [7, 11) is 0. The number of aliphatic hydroxyl groups is 1. The van der Waals surface area contributed by atoms with E-state index >= 15 is 0 Å². The van der Waals surface area contributed by atoms with E-state index < -0.39 is 29.5 Å². The molecule has 76 heavy (non-hydrogen) atoms. The van der Waals surface area contributed by atoms with Crippen molar-refractivity contribution >= 4 is 58.2 Å². The van der Waals surface area contributed by atoms with Crippen molar-refractivity contribution in [2.45, 2.75) is 111 Å². The molecule has 5 heterocycles. The number of amides is 5. The number of β-amino-alcohol motifs (C(OH)–C–C–N with tert-alkyl or cyclic N) is 1. The average Bonchev–Trinajstić information content (AvgIpc) is 4.04. The standard InChI is InChI=1S/C58H69N11O6S/c1-38-14-23-45(31-48(38)65-57-60-26-24-47(64-57)44-11-10-25-59-34-44)63-54(73)43-21-17-41(18-22-43)35-67-27-29-68(30-28-67)51(72)13-9-7-6-8-12-50(71)66-53(58(3,4)5)56(75)69-36-46(70)32-49(69)55(74)61-33-40-15-19-42(20-16-40)52-39(2)62-37-76-52/h10-11,14-26,31,34,37,46,49,53,70H,6-9,12-13,27-30,32-33,35-36H2,1-5H3,(H,61,74)(H,63,73)(H,66,71)(H,60,64,65)/t46-,49+,53?/m1/s1. The molecule has 2 aliphatic heterocycles. The zero-order chi connectivity index (χ0) is 53.8. The number of thiazole rings is 1. The first kappa shape index (κ1) is 54.8. The number of carbonyl (C=O) groups is 5. The van der Waals surface area contributed by atoms with Gasteiger partial charge in [-0.25, -0.2) is 15.0 Å². The number of hydrogen-bond donors (Lipinski definition) is 5. The summed E-state index contributed by atoms with van der Waals surface area (Å²) >= 11 is 1.58. The molecule has 3 atom stereocenters. The first-order valence-corrected chi connectivity index (χ1v) is 27.0. The quantitative estimate of drug-likeness (QED) is 0.0459. The lowest BCUT2D eigenvalue weighted by Gasteiger charge is -2.35. The summed E-state index contributed by atoms with van der Waals surface area (Å²) in [5.74, 6) is -0.645. The molecule has 6 aromatic rings. The Kier molecular flexibility index (Phi) is 18.3. The SMILES string of the molecule is Cc1ccc(NC(=O)c2ccc(CN3CCN(C(=O)CCCCCCC(=O)NC(C(=O)N4C[C@H](O)C[C@H]4C(=O)NCc4ccc(-c5scnc5C)cc4)C(C)(C)C)CC3)cc2)cc1Nc1nccc(-c2cccnc2)n1. The van der Waals surface area contributed by atoms with Crippen molar-refractivity contribution < 1.29 is 29.1 Å². The minimum Gasteiger partial charge on any atom is -0.391 e. The summed E-state index contributed by atoms with van der Waals surface area (Å²) in [6, 6.07) is 25.0. The van der Waals surface area contributed by atoms with Crippen molar-refractivity contribution in [3.8, 4) is 21.7 Å². The molecule has 0 saturated carbocycles. The second-order valence-corrected chi connectivity index (χ2v) is 21.7. The Morgan fingerprint density at radius 3 is 2.25 bits per heavy atom. The Morgan fingerprint density at radius 1 is 0.816 bits per heavy atom. The fourth-order valence-corrected chi connectivity index (χ4v) is 10.3. The van der Waals surface area contributed by atoms with Crippen LogP contribution in [0.25, 0.3) is 21.7 Å². The largest absolute Gasteiger partial charge is 0.391 e. The van der Waals surface area contributed by atoms with Gasteiger partial charge >= 0.3 is 0 Å². The number of aliphatic hydroxyl groups excluding tert-OH is 1. The van der Waals surface area contributed by atoms with Gasteiger partial charge in [-0.1, -0.05) is 76.1 Å². The molecule has 0 bridgehead atoms. The molecule has 17 nitrogen and oxygen atoms in total. The normalized spacial score (nSPS) is 16.2. The van der Waals surface area contributed by atoms with E-state index in [0.717, 1.165) is 82.1 Å². The number of nitrogens with zero attached hydrogens (tertiary/aromatic N) is 7. The lowest BCUT2D eigenvalue weighted by molar-refractivity contribution is -0.144. The van der Waals surface area contributed by atoms with Gasteiger partial charge in [-0.05, 0) is 96.8 Å². The van der Waals surface area contributed by atoms with E-state index in [9.17, 15) is 29.1 Å². The van der Waals surface area contributed by atoms with E-state index in [0.29, 0.717) is 49.7 Å². The van der Waals surface area contributed by atoms with Crippen molar-refractivity contribution in [3.05, 3.63) is 137 Å². The molecule has 0 aliphatic carbocycles. The minimum absolute atomic E-state index is 0.00852. The summed E-state index contributed by atoms with van der Waals surface area (Å²) in [5.41, 5.74) is 9.72. The molecule has 0 radical (unpaired) electrons. The van der Waals surface area contributed by atoms with Crippen LogP contribution in [0.2, 0.25) is 0 Å². The minimum atomic E-state index is -0.893. The number of rotatable bonds is 20. The predicted molar refractivity (Wildman–Crippen MR) is 295 cm³/mol. The molecule has 398 valence electrons. The fraction of sp³-hybridized carbons (Fsp3) is 0.397. The van der Waals surface area contributed by atoms with Crippen LogP contribution in [0.3, 0.4) is 0 Å². The van der Waals surface area contributed by atoms with Gasteiger partial charge in [0.2, 0.25) is 29.6 Å². The van der Waals surface area contributed by atoms with Crippen LogP contribution in [0.4, 0.5) is 17.3 Å². The molecule has 1 unspecified atom stereocenters. The summed E-state index contributed by atoms with van der Waals surface area (Å²) in [6.07, 6.45) is 8.00. The molecule has 2 saturated heterocycles. The van der Waals surface area contributed by atoms with Crippen LogP contribution in [0.1, 0.15) is 98.5 Å². The van der Waals surface area contributed by atoms with E-state index in [1.165, 1.54) is 4.90 Å². The van der Waals surface area contributed by atoms with E-state index in [4.69, 9.17) is 0 Å². The van der Waals surface area contributed by atoms with Crippen LogP contribution < -0.4 is 21.3 Å². The second-order valence-electron chi connectivity index (χ2n) is 20.8. The highest BCUT2D eigenvalue weighted by molar-refractivity contribution is 7.13. The van der Waals surface area contributed by atoms with E-state index in [1.807, 2.05) is 130 Å². The van der Waals surface area contributed by atoms with E-state index in [2.05, 4.69) is 46.1 Å². The van der Waals surface area contributed by atoms with Crippen molar-refractivity contribution in [1.29, 1.82) is 0 Å². The number of piperazine rings is 1. The van der Waals surface area contributed by atoms with Gasteiger partial charge in [0.25, 0.3) is 5.91 Å². The maximum atomic E-state index is 14.1. The smallest absolute Gasteiger partial charge is 0.255 e. The highest BCUT2D eigenvalue weighted by atomic mass is 32.1. The number of likely N-dealkylation sites (tertiary alicyclic amines) is 1. The van der Waals surface area contributed by atoms with Crippen molar-refractivity contribution in [2.75, 3.05) is 43.4 Å². The number of aryl methyl sites for hydroxylation is 2. The summed E-state index contributed by atoms with van der Waals surface area (Å²) in [6.45, 7) is 13.3. The van der Waals surface area contributed by atoms with Gasteiger partial charge in [-0.3, -0.25) is 33.9 Å². The topological polar surface area (TPSA) is 215 Å². The van der Waals surface area contributed by atoms with Gasteiger partial charge in [-0.2, -0.15) is 0 Å². The highest BCUT2D eigenvalue weighted by Gasteiger charge is 2.44. The molecule has 2 fully saturated rings. The van der Waals surface area contributed by atoms with Crippen molar-refractivity contribution in [1.82, 2.24) is 45.3 Å². The third-order valence-electron chi connectivity index (χ3n) is 14.0. The molecule has 3 aromatic carbocycles. The number of anilines is 3. The molecule has 5 N–H and O–H groups in total. The van der Waals surface area contributed by atoms with Gasteiger partial charge in [0.1, 0.15) is 12.1 Å². The van der Waals surface area contributed by atoms with Gasteiger partial charge in [0.15, 0.2) is 0 Å². The van der Waals surface area contributed by atoms with Crippen molar-refractivity contribution in [3.63, 3.8) is 0 Å². The summed E-state index contributed by atoms with van der Waals surface area (Å²) in [4.78, 5) is 91.6. The Bertz CT molecular complexity index is 2960. The van der Waals surface area contributed by atoms with Crippen LogP contribution in [0.15, 0.2) is 109 Å². The van der Waals surface area contributed by atoms with Gasteiger partial charge in [0.05, 0.1) is 27.9 Å². The third-order valence-corrected chi connectivity index (χ3v) is 14.9. The molecule has 5 amide bonds. The van der Waals surface area contributed by atoms with E-state index in [-0.39, 0.29) is 49.6 Å². The summed E-state index contributed by atoms with van der Waals surface area (Å²) in [5, 5.41) is 22.8. The maximum absolute atomic E-state index is 14.1. The Balaban J connectivity index is 0.710. The number of pyridine rings is 1. The van der Waals surface area contributed by atoms with Crippen LogP contribution >= 0.6 is 11.3 Å². The second kappa shape index (κ2) is 25.4. The zero-order valence-corrected chi connectivity index (χ0v) is 44.9. The van der Waals surface area contributed by atoms with Crippen molar-refractivity contribution in [2.24, 2.45) is 5.41 Å². The molecule has 3 aromatic heterocycles. The monoisotopic (exact) mass is 1050 g/mol. The van der Waals surface area contributed by atoms with Gasteiger partial charge in [-0.15, -0.1) is 11.3 Å². The number of hydrogen-bond acceptors (Lipinski definition) is 13. The van der Waals surface area contributed by atoms with Crippen LogP contribution in [-0.4, -0.2) is 120 Å². The first-order valence-electron chi connectivity index (χ1n) is 26.1. The lowest BCUT2D eigenvalue weighted by Crippen LogP contribution is -2.57. The predicted octanol–water partition coefficient (Wildman–Crippen LogP) is 8.07. The molecular weight excluding hydrogens is 979 g/mol. The van der Waals surface area contributed by atoms with Crippen LogP contribution in [-0.2, 0) is 32.3 Å². The Morgan fingerprint density at radius 2 is 1.55 bits per heavy atom. The number of unbranched alkanes of at least 4 members (excludes halogenated alkanes) is 3. The number of benzene rings is 3. The molecule has 8 rings (SSSR count). The number of nitrogens with one attached hydrogen (secondary N) is 4. The zero-order valence-electron chi connectivity index (χ0n) is 44.1. The molecule has 0 spiro atoms. The number of carbonyl (C=O) groups excluding carboxylic acids is 5. The van der Waals surface area contributed by atoms with Crippen LogP contribution in [0.5, 0.6) is 0 Å². The van der Waals surface area contributed by atoms with Crippen LogP contribution in [0, 0.1) is 19.3 Å². The Labute approximate surface area is 449 Å². The van der Waals surface area contributed by atoms with Gasteiger partial charge < -0.3 is 36.2 Å². The third kappa shape index (κ3) is 14.7. The lowest BCUT2D eigenvalue weighted by atomic mass is 9.85. The summed E-state index contributed by atoms with van der Waals surface area (Å²) < 4.78 is 0. The maximum Gasteiger partial charge on any atom is 0.255 e. The molecule has 18 heteroatoms. The highest BCUT2D eigenvalue weighted by Crippen LogP contribution is 2.30. The molecular formula is C58H69N11O6S. The first-order chi connectivity index (χ1) is 36.6. The fourth-order valence-electron chi connectivity index (χ4n) is 9.51.